The number of phenolic OH excluding ortho intramolecular Hbond substituents is 1. The van der Waals surface area contributed by atoms with Gasteiger partial charge in [0.2, 0.25) is 0 Å². The molecule has 0 bridgehead atoms. The molecule has 0 fully saturated rings. The third kappa shape index (κ3) is 5.96. The molecule has 168 valence electrons. The molecule has 0 aliphatic rings. The number of amides is 1. The molecular weight excluding hydrogens is 414 g/mol. The highest BCUT2D eigenvalue weighted by Gasteiger charge is 2.23. The highest BCUT2D eigenvalue weighted by atomic mass is 16.5. The van der Waals surface area contributed by atoms with Gasteiger partial charge in [0.05, 0.1) is 23.6 Å². The number of carbonyl (C=O) groups excluding carboxylic acids is 3. The molecule has 0 spiro atoms. The van der Waals surface area contributed by atoms with Crippen LogP contribution in [0.1, 0.15) is 29.9 Å². The van der Waals surface area contributed by atoms with Crippen molar-refractivity contribution in [3.63, 3.8) is 0 Å². The van der Waals surface area contributed by atoms with Gasteiger partial charge in [0, 0.05) is 16.9 Å². The minimum absolute atomic E-state index is 0.0942. The number of nitrogens with two attached hydrogens (primary N) is 1. The van der Waals surface area contributed by atoms with Crippen LogP contribution in [0.15, 0.2) is 42.5 Å². The largest absolute Gasteiger partial charge is 0.504 e. The van der Waals surface area contributed by atoms with Gasteiger partial charge in [0.25, 0.3) is 5.91 Å². The van der Waals surface area contributed by atoms with E-state index in [1.54, 1.807) is 18.2 Å². The summed E-state index contributed by atoms with van der Waals surface area (Å²) in [4.78, 5) is 33.3. The zero-order valence-electron chi connectivity index (χ0n) is 18.3. The Kier molecular flexibility index (Phi) is 7.76. The second-order valence-corrected chi connectivity index (χ2v) is 7.60. The van der Waals surface area contributed by atoms with Crippen LogP contribution in [0.4, 0.5) is 5.69 Å². The number of nitrogens with zero attached hydrogens (tertiary/aromatic N) is 1. The zero-order chi connectivity index (χ0) is 23.9. The Morgan fingerprint density at radius 2 is 1.88 bits per heavy atom. The second-order valence-electron chi connectivity index (χ2n) is 7.60. The van der Waals surface area contributed by atoms with Gasteiger partial charge in [0.15, 0.2) is 11.5 Å². The lowest BCUT2D eigenvalue weighted by Crippen LogP contribution is -2.47. The summed E-state index contributed by atoms with van der Waals surface area (Å²) in [7, 11) is 1.45. The van der Waals surface area contributed by atoms with Crippen molar-refractivity contribution in [1.29, 1.82) is 0 Å². The first-order valence-corrected chi connectivity index (χ1v) is 9.59. The van der Waals surface area contributed by atoms with Crippen molar-refractivity contribution in [1.82, 2.24) is 10.3 Å². The molecule has 9 heteroatoms. The Morgan fingerprint density at radius 1 is 1.19 bits per heavy atom. The number of methoxy groups -OCH3 is 1. The highest BCUT2D eigenvalue weighted by molar-refractivity contribution is 5.96. The summed E-state index contributed by atoms with van der Waals surface area (Å²) in [6.45, 7) is 5.81. The Morgan fingerprint density at radius 3 is 2.50 bits per heavy atom. The number of hydrogen-bond donors (Lipinski definition) is 3. The number of aromatic nitrogens is 1. The molecule has 1 amide bonds. The SMILES string of the molecule is COc1ccc(C(=O)NC(C)(C)COc2cccc3nc(C)cc(N)c23)cc1O.O=C=O. The van der Waals surface area contributed by atoms with E-state index in [0.717, 1.165) is 16.6 Å². The van der Waals surface area contributed by atoms with Crippen molar-refractivity contribution in [2.45, 2.75) is 26.3 Å². The van der Waals surface area contributed by atoms with E-state index in [1.165, 1.54) is 13.2 Å². The van der Waals surface area contributed by atoms with E-state index in [9.17, 15) is 9.90 Å². The molecule has 3 rings (SSSR count). The van der Waals surface area contributed by atoms with Gasteiger partial charge in [-0.25, -0.2) is 0 Å². The quantitative estimate of drug-likeness (QED) is 0.532. The Balaban J connectivity index is 0.00000114. The molecule has 0 saturated carbocycles. The van der Waals surface area contributed by atoms with E-state index < -0.39 is 5.54 Å². The average Bonchev–Trinajstić information content (AvgIpc) is 2.72. The van der Waals surface area contributed by atoms with E-state index in [4.69, 9.17) is 24.8 Å². The number of aryl methyl sites for hydroxylation is 1. The fourth-order valence-electron chi connectivity index (χ4n) is 3.05. The number of hydrogen-bond acceptors (Lipinski definition) is 8. The summed E-state index contributed by atoms with van der Waals surface area (Å²) in [6.07, 6.45) is 0.250. The number of rotatable bonds is 6. The van der Waals surface area contributed by atoms with Gasteiger partial charge in [-0.1, -0.05) is 6.07 Å². The number of ether oxygens (including phenoxy) is 2. The molecule has 1 aromatic heterocycles. The van der Waals surface area contributed by atoms with Gasteiger partial charge in [-0.05, 0) is 57.2 Å². The minimum Gasteiger partial charge on any atom is -0.504 e. The van der Waals surface area contributed by atoms with E-state index in [1.807, 2.05) is 39.0 Å². The van der Waals surface area contributed by atoms with Crippen LogP contribution in [0, 0.1) is 6.92 Å². The number of pyridine rings is 1. The van der Waals surface area contributed by atoms with Crippen LogP contribution < -0.4 is 20.5 Å². The number of fused-ring (bicyclic) bond motifs is 1. The molecular formula is C23H25N3O6. The lowest BCUT2D eigenvalue weighted by molar-refractivity contribution is -0.191. The monoisotopic (exact) mass is 439 g/mol. The van der Waals surface area contributed by atoms with Crippen LogP contribution in [0.3, 0.4) is 0 Å². The third-order valence-corrected chi connectivity index (χ3v) is 4.44. The molecule has 0 aliphatic heterocycles. The number of anilines is 1. The summed E-state index contributed by atoms with van der Waals surface area (Å²) in [6, 6.07) is 11.9. The van der Waals surface area contributed by atoms with Gasteiger partial charge in [-0.2, -0.15) is 9.59 Å². The first-order chi connectivity index (χ1) is 15.1. The standard InChI is InChI=1S/C22H25N3O4.CO2/c1-13-10-15(23)20-16(24-13)6-5-7-19(20)29-12-22(2,3)25-21(27)14-8-9-18(28-4)17(26)11-14;2-1-3/h5-11,26H,12H2,1-4H3,(H2,23,24)(H,25,27);. The number of phenols is 1. The molecule has 0 atom stereocenters. The fourth-order valence-corrected chi connectivity index (χ4v) is 3.05. The normalized spacial score (nSPS) is 10.5. The lowest BCUT2D eigenvalue weighted by Gasteiger charge is -2.27. The summed E-state index contributed by atoms with van der Waals surface area (Å²) >= 11 is 0. The van der Waals surface area contributed by atoms with E-state index in [2.05, 4.69) is 10.3 Å². The van der Waals surface area contributed by atoms with Crippen LogP contribution in [0.5, 0.6) is 17.2 Å². The Hall–Kier alpha value is -4.10. The van der Waals surface area contributed by atoms with Crippen LogP contribution in [-0.4, -0.2) is 41.4 Å². The van der Waals surface area contributed by atoms with Crippen LogP contribution in [-0.2, 0) is 9.59 Å². The minimum atomic E-state index is -0.679. The molecule has 0 saturated heterocycles. The number of nitrogens with one attached hydrogen (secondary N) is 1. The van der Waals surface area contributed by atoms with Gasteiger partial charge in [0.1, 0.15) is 12.4 Å². The van der Waals surface area contributed by atoms with Crippen molar-refractivity contribution >= 4 is 28.6 Å². The molecule has 3 aromatic rings. The maximum Gasteiger partial charge on any atom is 0.373 e. The lowest BCUT2D eigenvalue weighted by atomic mass is 10.1. The highest BCUT2D eigenvalue weighted by Crippen LogP contribution is 2.31. The van der Waals surface area contributed by atoms with Crippen molar-refractivity contribution in [3.8, 4) is 17.2 Å². The predicted octanol–water partition coefficient (Wildman–Crippen LogP) is 2.84. The summed E-state index contributed by atoms with van der Waals surface area (Å²) in [5.41, 5.74) is 8.01. The fraction of sp³-hybridized carbons (Fsp3) is 0.261. The van der Waals surface area contributed by atoms with Crippen molar-refractivity contribution < 1.29 is 29.0 Å². The summed E-state index contributed by atoms with van der Waals surface area (Å²) in [5, 5.41) is 13.6. The smallest absolute Gasteiger partial charge is 0.373 e. The Labute approximate surface area is 185 Å². The van der Waals surface area contributed by atoms with E-state index in [-0.39, 0.29) is 24.4 Å². The first kappa shape index (κ1) is 24.2. The van der Waals surface area contributed by atoms with Crippen LogP contribution in [0.2, 0.25) is 0 Å². The number of aromatic hydroxyl groups is 1. The average molecular weight is 439 g/mol. The van der Waals surface area contributed by atoms with E-state index >= 15 is 0 Å². The molecule has 0 aliphatic carbocycles. The van der Waals surface area contributed by atoms with Crippen LogP contribution in [0.25, 0.3) is 10.9 Å². The zero-order valence-corrected chi connectivity index (χ0v) is 18.3. The maximum atomic E-state index is 12.6. The third-order valence-electron chi connectivity index (χ3n) is 4.44. The number of nitrogen functional groups attached to an aromatic ring is 1. The van der Waals surface area contributed by atoms with E-state index in [0.29, 0.717) is 22.7 Å². The summed E-state index contributed by atoms with van der Waals surface area (Å²) < 4.78 is 11.0. The molecule has 0 radical (unpaired) electrons. The van der Waals surface area contributed by atoms with Gasteiger partial charge >= 0.3 is 6.15 Å². The van der Waals surface area contributed by atoms with Gasteiger partial charge in [-0.3, -0.25) is 9.78 Å². The van der Waals surface area contributed by atoms with Gasteiger partial charge < -0.3 is 25.6 Å². The Bertz CT molecular complexity index is 1150. The van der Waals surface area contributed by atoms with Crippen LogP contribution >= 0.6 is 0 Å². The summed E-state index contributed by atoms with van der Waals surface area (Å²) in [5.74, 6) is 0.493. The predicted molar refractivity (Wildman–Crippen MR) is 118 cm³/mol. The van der Waals surface area contributed by atoms with Crippen molar-refractivity contribution in [2.24, 2.45) is 0 Å². The van der Waals surface area contributed by atoms with Gasteiger partial charge in [-0.15, -0.1) is 0 Å². The topological polar surface area (TPSA) is 141 Å². The van der Waals surface area contributed by atoms with Crippen molar-refractivity contribution in [2.75, 3.05) is 19.5 Å². The number of benzene rings is 2. The molecule has 0 unspecified atom stereocenters. The molecule has 4 N–H and O–H groups in total. The molecule has 1 heterocycles. The van der Waals surface area contributed by atoms with Crippen molar-refractivity contribution in [3.05, 3.63) is 53.7 Å². The molecule has 32 heavy (non-hydrogen) atoms. The second kappa shape index (κ2) is 10.3. The molecule has 9 nitrogen and oxygen atoms in total. The number of carbonyl (C=O) groups is 1. The molecule has 2 aromatic carbocycles. The first-order valence-electron chi connectivity index (χ1n) is 9.59. The maximum absolute atomic E-state index is 12.6.